The number of unbranched alkanes of at least 4 members (excludes halogenated alkanes) is 1. The Hall–Kier alpha value is -2.94. The third-order valence-corrected chi connectivity index (χ3v) is 5.48. The van der Waals surface area contributed by atoms with Crippen LogP contribution in [0.3, 0.4) is 0 Å². The molecule has 0 saturated carbocycles. The Labute approximate surface area is 187 Å². The molecular formula is C22H31N5O3S. The highest BCUT2D eigenvalue weighted by atomic mass is 32.1. The van der Waals surface area contributed by atoms with Gasteiger partial charge in [0.05, 0.1) is 5.69 Å². The third-order valence-electron chi connectivity index (χ3n) is 4.63. The lowest BCUT2D eigenvalue weighted by Gasteiger charge is -2.33. The number of nitrogens with zero attached hydrogens (tertiary/aromatic N) is 2. The molecule has 1 aromatic heterocycles. The van der Waals surface area contributed by atoms with Crippen LogP contribution in [-0.4, -0.2) is 33.7 Å². The van der Waals surface area contributed by atoms with Crippen molar-refractivity contribution in [2.45, 2.75) is 65.5 Å². The van der Waals surface area contributed by atoms with Crippen LogP contribution < -0.4 is 21.7 Å². The average Bonchev–Trinajstić information content (AvgIpc) is 3.06. The molecule has 0 aliphatic heterocycles. The molecule has 31 heavy (non-hydrogen) atoms. The SMILES string of the molecule is CCCC[C@@H](C(=O)NC(C)(C)C)N(C(=O)c1snc(C(N)=O)c1N)c1ccc(C)cc1. The Balaban J connectivity index is 2.58. The summed E-state index contributed by atoms with van der Waals surface area (Å²) in [6.45, 7) is 9.63. The maximum atomic E-state index is 13.6. The molecule has 2 aromatic rings. The van der Waals surface area contributed by atoms with Crippen LogP contribution in [0.1, 0.15) is 72.7 Å². The quantitative estimate of drug-likeness (QED) is 0.574. The van der Waals surface area contributed by atoms with Crippen LogP contribution in [0.15, 0.2) is 24.3 Å². The van der Waals surface area contributed by atoms with E-state index in [1.54, 1.807) is 12.1 Å². The molecule has 8 nitrogen and oxygen atoms in total. The van der Waals surface area contributed by atoms with Gasteiger partial charge in [0.2, 0.25) is 5.91 Å². The Morgan fingerprint density at radius 3 is 2.29 bits per heavy atom. The van der Waals surface area contributed by atoms with Gasteiger partial charge in [-0.15, -0.1) is 0 Å². The number of benzene rings is 1. The zero-order chi connectivity index (χ0) is 23.3. The van der Waals surface area contributed by atoms with Gasteiger partial charge in [-0.1, -0.05) is 37.5 Å². The number of carbonyl (C=O) groups is 3. The van der Waals surface area contributed by atoms with Crippen molar-refractivity contribution in [3.05, 3.63) is 40.4 Å². The average molecular weight is 446 g/mol. The first-order chi connectivity index (χ1) is 14.5. The van der Waals surface area contributed by atoms with Crippen LogP contribution in [0, 0.1) is 6.92 Å². The van der Waals surface area contributed by atoms with E-state index in [9.17, 15) is 14.4 Å². The second-order valence-electron chi connectivity index (χ2n) is 8.55. The highest BCUT2D eigenvalue weighted by Crippen LogP contribution is 2.29. The lowest BCUT2D eigenvalue weighted by atomic mass is 10.0. The van der Waals surface area contributed by atoms with E-state index >= 15 is 0 Å². The van der Waals surface area contributed by atoms with Gasteiger partial charge in [-0.05, 0) is 57.8 Å². The predicted octanol–water partition coefficient (Wildman–Crippen LogP) is 3.25. The number of nitrogen functional groups attached to an aromatic ring is 1. The standard InChI is InChI=1S/C22H31N5O3S/c1-6-7-8-15(20(29)25-22(3,4)5)27(14-11-9-13(2)10-12-14)21(30)18-16(23)17(19(24)28)26-31-18/h9-12,15H,6-8,23H2,1-5H3,(H2,24,28)(H,25,29)/t15-/m0/s1. The summed E-state index contributed by atoms with van der Waals surface area (Å²) in [6, 6.07) is 6.58. The number of hydrogen-bond acceptors (Lipinski definition) is 6. The van der Waals surface area contributed by atoms with Crippen molar-refractivity contribution < 1.29 is 14.4 Å². The number of amides is 3. The highest BCUT2D eigenvalue weighted by molar-refractivity contribution is 7.09. The molecule has 1 heterocycles. The summed E-state index contributed by atoms with van der Waals surface area (Å²) in [5.74, 6) is -1.55. The van der Waals surface area contributed by atoms with E-state index in [4.69, 9.17) is 11.5 Å². The smallest absolute Gasteiger partial charge is 0.272 e. The van der Waals surface area contributed by atoms with Crippen molar-refractivity contribution in [1.29, 1.82) is 0 Å². The van der Waals surface area contributed by atoms with Crippen LogP contribution in [0.2, 0.25) is 0 Å². The minimum atomic E-state index is -0.803. The van der Waals surface area contributed by atoms with E-state index in [2.05, 4.69) is 9.69 Å². The van der Waals surface area contributed by atoms with E-state index in [0.717, 1.165) is 29.9 Å². The first kappa shape index (κ1) is 24.3. The van der Waals surface area contributed by atoms with Gasteiger partial charge in [-0.25, -0.2) is 0 Å². The Kier molecular flexibility index (Phi) is 7.78. The monoisotopic (exact) mass is 445 g/mol. The second kappa shape index (κ2) is 9.91. The largest absolute Gasteiger partial charge is 0.395 e. The summed E-state index contributed by atoms with van der Waals surface area (Å²) in [5.41, 5.74) is 12.3. The zero-order valence-corrected chi connectivity index (χ0v) is 19.5. The van der Waals surface area contributed by atoms with Crippen molar-refractivity contribution in [2.24, 2.45) is 5.73 Å². The fraction of sp³-hybridized carbons (Fsp3) is 0.455. The van der Waals surface area contributed by atoms with Gasteiger partial charge in [0.1, 0.15) is 10.9 Å². The summed E-state index contributed by atoms with van der Waals surface area (Å²) >= 11 is 0.806. The number of aromatic nitrogens is 1. The van der Waals surface area contributed by atoms with Crippen LogP contribution in [-0.2, 0) is 4.79 Å². The highest BCUT2D eigenvalue weighted by Gasteiger charge is 2.35. The number of aryl methyl sites for hydroxylation is 1. The maximum Gasteiger partial charge on any atom is 0.272 e. The molecule has 1 aromatic carbocycles. The molecule has 5 N–H and O–H groups in total. The van der Waals surface area contributed by atoms with E-state index in [-0.39, 0.29) is 22.2 Å². The second-order valence-corrected chi connectivity index (χ2v) is 9.32. The zero-order valence-electron chi connectivity index (χ0n) is 18.7. The van der Waals surface area contributed by atoms with Crippen molar-refractivity contribution in [3.63, 3.8) is 0 Å². The van der Waals surface area contributed by atoms with Crippen LogP contribution >= 0.6 is 11.5 Å². The van der Waals surface area contributed by atoms with E-state index < -0.39 is 23.4 Å². The van der Waals surface area contributed by atoms with Gasteiger partial charge in [-0.3, -0.25) is 19.3 Å². The number of nitrogens with two attached hydrogens (primary N) is 2. The van der Waals surface area contributed by atoms with E-state index in [0.29, 0.717) is 12.1 Å². The van der Waals surface area contributed by atoms with Crippen molar-refractivity contribution >= 4 is 40.6 Å². The summed E-state index contributed by atoms with van der Waals surface area (Å²) in [6.07, 6.45) is 2.09. The van der Waals surface area contributed by atoms with E-state index in [1.807, 2.05) is 46.8 Å². The number of carbonyl (C=O) groups excluding carboxylic acids is 3. The first-order valence-electron chi connectivity index (χ1n) is 10.2. The Bertz CT molecular complexity index is 947. The third kappa shape index (κ3) is 6.04. The lowest BCUT2D eigenvalue weighted by molar-refractivity contribution is -0.123. The van der Waals surface area contributed by atoms with Crippen molar-refractivity contribution in [3.8, 4) is 0 Å². The summed E-state index contributed by atoms with van der Waals surface area (Å²) in [7, 11) is 0. The van der Waals surface area contributed by atoms with Crippen molar-refractivity contribution in [1.82, 2.24) is 9.69 Å². The van der Waals surface area contributed by atoms with Crippen LogP contribution in [0.25, 0.3) is 0 Å². The number of rotatable bonds is 8. The van der Waals surface area contributed by atoms with Crippen molar-refractivity contribution in [2.75, 3.05) is 10.6 Å². The maximum absolute atomic E-state index is 13.6. The number of primary amides is 1. The normalized spacial score (nSPS) is 12.3. The summed E-state index contributed by atoms with van der Waals surface area (Å²) in [5, 5.41) is 2.98. The molecule has 0 aliphatic carbocycles. The molecule has 9 heteroatoms. The van der Waals surface area contributed by atoms with Gasteiger partial charge in [-0.2, -0.15) is 4.37 Å². The molecule has 0 bridgehead atoms. The Morgan fingerprint density at radius 1 is 1.19 bits per heavy atom. The summed E-state index contributed by atoms with van der Waals surface area (Å²) in [4.78, 5) is 40.0. The van der Waals surface area contributed by atoms with Gasteiger partial charge in [0.15, 0.2) is 5.69 Å². The van der Waals surface area contributed by atoms with Gasteiger partial charge in [0.25, 0.3) is 11.8 Å². The Morgan fingerprint density at radius 2 is 1.81 bits per heavy atom. The molecule has 1 atom stereocenters. The fourth-order valence-electron chi connectivity index (χ4n) is 3.11. The lowest BCUT2D eigenvalue weighted by Crippen LogP contribution is -2.54. The predicted molar refractivity (Wildman–Crippen MR) is 124 cm³/mol. The van der Waals surface area contributed by atoms with E-state index in [1.165, 1.54) is 4.90 Å². The topological polar surface area (TPSA) is 131 Å². The van der Waals surface area contributed by atoms with Crippen LogP contribution in [0.5, 0.6) is 0 Å². The molecule has 2 rings (SSSR count). The fourth-order valence-corrected chi connectivity index (χ4v) is 3.85. The molecular weight excluding hydrogens is 414 g/mol. The first-order valence-corrected chi connectivity index (χ1v) is 11.0. The molecule has 0 aliphatic rings. The van der Waals surface area contributed by atoms with Gasteiger partial charge in [0, 0.05) is 11.2 Å². The molecule has 0 spiro atoms. The summed E-state index contributed by atoms with van der Waals surface area (Å²) < 4.78 is 3.95. The van der Waals surface area contributed by atoms with Gasteiger partial charge < -0.3 is 16.8 Å². The molecule has 0 unspecified atom stereocenters. The molecule has 0 fully saturated rings. The number of anilines is 2. The number of hydrogen-bond donors (Lipinski definition) is 3. The molecule has 168 valence electrons. The minimum absolute atomic E-state index is 0.0647. The molecule has 3 amide bonds. The van der Waals surface area contributed by atoms with Crippen LogP contribution in [0.4, 0.5) is 11.4 Å². The number of nitrogens with one attached hydrogen (secondary N) is 1. The van der Waals surface area contributed by atoms with Gasteiger partial charge >= 0.3 is 0 Å². The molecule has 0 radical (unpaired) electrons. The molecule has 0 saturated heterocycles. The minimum Gasteiger partial charge on any atom is -0.395 e.